The highest BCUT2D eigenvalue weighted by molar-refractivity contribution is 5.26. The van der Waals surface area contributed by atoms with Crippen LogP contribution in [0.1, 0.15) is 56.1 Å². The number of aryl methyl sites for hydroxylation is 1. The maximum Gasteiger partial charge on any atom is 0.119 e. The molecular formula is C30H42NO3+. The first kappa shape index (κ1) is 23.8. The fraction of sp³-hybridized carbons (Fsp3) is 0.600. The van der Waals surface area contributed by atoms with E-state index in [-0.39, 0.29) is 6.10 Å². The summed E-state index contributed by atoms with van der Waals surface area (Å²) >= 11 is 0. The summed E-state index contributed by atoms with van der Waals surface area (Å²) in [5, 5.41) is 11.9. The number of benzene rings is 2. The molecule has 4 fully saturated rings. The van der Waals surface area contributed by atoms with Gasteiger partial charge in [0.1, 0.15) is 24.0 Å². The number of piperidine rings is 3. The van der Waals surface area contributed by atoms with Crippen molar-refractivity contribution in [2.24, 2.45) is 11.8 Å². The van der Waals surface area contributed by atoms with Crippen LogP contribution in [0.4, 0.5) is 0 Å². The molecule has 2 atom stereocenters. The number of ether oxygens (including phenoxy) is 2. The predicted molar refractivity (Wildman–Crippen MR) is 136 cm³/mol. The number of nitrogens with zero attached hydrogens (tertiary/aromatic N) is 1. The molecule has 0 aromatic heterocycles. The quantitative estimate of drug-likeness (QED) is 0.374. The Morgan fingerprint density at radius 3 is 2.35 bits per heavy atom. The molecule has 184 valence electrons. The van der Waals surface area contributed by atoms with E-state index >= 15 is 0 Å². The van der Waals surface area contributed by atoms with Crippen LogP contribution in [-0.2, 0) is 10.3 Å². The van der Waals surface area contributed by atoms with Gasteiger partial charge in [-0.05, 0) is 43.4 Å². The molecule has 3 saturated heterocycles. The molecule has 34 heavy (non-hydrogen) atoms. The molecule has 3 heterocycles. The van der Waals surface area contributed by atoms with Gasteiger partial charge in [0.25, 0.3) is 0 Å². The van der Waals surface area contributed by atoms with Crippen LogP contribution in [0.15, 0.2) is 54.6 Å². The van der Waals surface area contributed by atoms with E-state index in [1.165, 1.54) is 44.3 Å². The van der Waals surface area contributed by atoms with Gasteiger partial charge >= 0.3 is 0 Å². The smallest absolute Gasteiger partial charge is 0.119 e. The minimum atomic E-state index is -0.865. The molecule has 4 aliphatic rings. The van der Waals surface area contributed by atoms with Gasteiger partial charge in [-0.3, -0.25) is 0 Å². The molecule has 1 saturated carbocycles. The van der Waals surface area contributed by atoms with Crippen molar-refractivity contribution in [2.45, 2.75) is 63.6 Å². The Bertz CT molecular complexity index is 900. The first-order valence-electron chi connectivity index (χ1n) is 13.5. The van der Waals surface area contributed by atoms with Crippen LogP contribution < -0.4 is 4.74 Å². The van der Waals surface area contributed by atoms with E-state index in [4.69, 9.17) is 9.47 Å². The van der Waals surface area contributed by atoms with Crippen LogP contribution in [0, 0.1) is 18.8 Å². The number of quaternary nitrogens is 1. The Kier molecular flexibility index (Phi) is 7.29. The van der Waals surface area contributed by atoms with Gasteiger partial charge in [0.15, 0.2) is 0 Å². The zero-order chi connectivity index (χ0) is 23.4. The van der Waals surface area contributed by atoms with E-state index in [1.54, 1.807) is 0 Å². The molecular weight excluding hydrogens is 422 g/mol. The first-order chi connectivity index (χ1) is 16.6. The van der Waals surface area contributed by atoms with Crippen molar-refractivity contribution in [3.63, 3.8) is 0 Å². The molecule has 4 nitrogen and oxygen atoms in total. The van der Waals surface area contributed by atoms with Crippen LogP contribution in [0.5, 0.6) is 5.75 Å². The Balaban J connectivity index is 1.18. The lowest BCUT2D eigenvalue weighted by atomic mass is 9.80. The fourth-order valence-electron chi connectivity index (χ4n) is 6.75. The summed E-state index contributed by atoms with van der Waals surface area (Å²) in [6.07, 6.45) is 8.46. The summed E-state index contributed by atoms with van der Waals surface area (Å²) < 4.78 is 13.8. The van der Waals surface area contributed by atoms with Gasteiger partial charge in [0.2, 0.25) is 0 Å². The molecule has 0 spiro atoms. The standard InChI is InChI=1S/C30H42NO3/c1-24-12-14-28(15-13-24)33-21-7-18-31-19-16-25(17-20-31)29(22-31)34-23-30(32,27-10-5-6-11-27)26-8-3-2-4-9-26/h2-4,8-9,12-15,25,27,29,32H,5-7,10-11,16-23H2,1H3/q+1. The molecule has 2 aromatic rings. The molecule has 2 aromatic carbocycles. The van der Waals surface area contributed by atoms with Gasteiger partial charge in [-0.25, -0.2) is 0 Å². The molecule has 0 amide bonds. The summed E-state index contributed by atoms with van der Waals surface area (Å²) in [6.45, 7) is 8.08. The second-order valence-electron chi connectivity index (χ2n) is 11.2. The zero-order valence-electron chi connectivity index (χ0n) is 20.8. The lowest BCUT2D eigenvalue weighted by Gasteiger charge is -2.53. The van der Waals surface area contributed by atoms with E-state index in [0.29, 0.717) is 18.4 Å². The Morgan fingerprint density at radius 1 is 0.941 bits per heavy atom. The van der Waals surface area contributed by atoms with Crippen molar-refractivity contribution < 1.29 is 19.1 Å². The minimum Gasteiger partial charge on any atom is -0.493 e. The van der Waals surface area contributed by atoms with Gasteiger partial charge in [-0.2, -0.15) is 0 Å². The van der Waals surface area contributed by atoms with Crippen LogP contribution in [0.25, 0.3) is 0 Å². The molecule has 3 aliphatic heterocycles. The van der Waals surface area contributed by atoms with Crippen molar-refractivity contribution in [1.29, 1.82) is 0 Å². The first-order valence-corrected chi connectivity index (χ1v) is 13.5. The monoisotopic (exact) mass is 464 g/mol. The van der Waals surface area contributed by atoms with E-state index < -0.39 is 5.60 Å². The van der Waals surface area contributed by atoms with E-state index in [2.05, 4.69) is 43.3 Å². The Morgan fingerprint density at radius 2 is 1.65 bits per heavy atom. The van der Waals surface area contributed by atoms with Gasteiger partial charge < -0.3 is 19.1 Å². The lowest BCUT2D eigenvalue weighted by Crippen LogP contribution is -2.65. The largest absolute Gasteiger partial charge is 0.493 e. The van der Waals surface area contributed by atoms with Crippen molar-refractivity contribution in [3.05, 3.63) is 65.7 Å². The van der Waals surface area contributed by atoms with E-state index in [9.17, 15) is 5.11 Å². The second-order valence-corrected chi connectivity index (χ2v) is 11.2. The van der Waals surface area contributed by atoms with E-state index in [1.807, 2.05) is 18.2 Å². The summed E-state index contributed by atoms with van der Waals surface area (Å²) in [7, 11) is 0. The third-order valence-corrected chi connectivity index (χ3v) is 8.93. The van der Waals surface area contributed by atoms with E-state index in [0.717, 1.165) is 54.8 Å². The average molecular weight is 465 g/mol. The summed E-state index contributed by atoms with van der Waals surface area (Å²) in [5.74, 6) is 1.92. The number of rotatable bonds is 10. The van der Waals surface area contributed by atoms with Crippen LogP contribution in [-0.4, -0.2) is 55.1 Å². The SMILES string of the molecule is Cc1ccc(OCCC[N+]23CCC(CC2)C(OCC(O)(c2ccccc2)C2CCCC2)C3)cc1. The Hall–Kier alpha value is -1.88. The van der Waals surface area contributed by atoms with Crippen molar-refractivity contribution in [3.8, 4) is 5.75 Å². The van der Waals surface area contributed by atoms with Gasteiger partial charge in [0.05, 0.1) is 32.8 Å². The number of hydrogen-bond acceptors (Lipinski definition) is 3. The molecule has 6 rings (SSSR count). The zero-order valence-corrected chi connectivity index (χ0v) is 20.8. The second kappa shape index (κ2) is 10.4. The van der Waals surface area contributed by atoms with Crippen molar-refractivity contribution in [1.82, 2.24) is 0 Å². The topological polar surface area (TPSA) is 38.7 Å². The van der Waals surface area contributed by atoms with Crippen LogP contribution in [0.2, 0.25) is 0 Å². The van der Waals surface area contributed by atoms with Gasteiger partial charge in [0, 0.05) is 25.2 Å². The molecule has 1 N–H and O–H groups in total. The predicted octanol–water partition coefficient (Wildman–Crippen LogP) is 5.47. The lowest BCUT2D eigenvalue weighted by molar-refractivity contribution is -0.946. The third kappa shape index (κ3) is 5.19. The summed E-state index contributed by atoms with van der Waals surface area (Å²) in [6, 6.07) is 18.6. The molecule has 1 aliphatic carbocycles. The molecule has 0 radical (unpaired) electrons. The van der Waals surface area contributed by atoms with Gasteiger partial charge in [-0.15, -0.1) is 0 Å². The van der Waals surface area contributed by atoms with Crippen molar-refractivity contribution in [2.75, 3.05) is 39.4 Å². The molecule has 4 heteroatoms. The summed E-state index contributed by atoms with van der Waals surface area (Å²) in [5.41, 5.74) is 1.43. The molecule has 2 unspecified atom stereocenters. The van der Waals surface area contributed by atoms with Gasteiger partial charge in [-0.1, -0.05) is 60.9 Å². The number of hydrogen-bond donors (Lipinski definition) is 1. The highest BCUT2D eigenvalue weighted by atomic mass is 16.5. The highest BCUT2D eigenvalue weighted by Gasteiger charge is 2.48. The maximum atomic E-state index is 11.9. The fourth-order valence-corrected chi connectivity index (χ4v) is 6.75. The van der Waals surface area contributed by atoms with Crippen LogP contribution >= 0.6 is 0 Å². The minimum absolute atomic E-state index is 0.261. The van der Waals surface area contributed by atoms with Crippen LogP contribution in [0.3, 0.4) is 0 Å². The Labute approximate surface area is 205 Å². The number of fused-ring (bicyclic) bond motifs is 3. The normalized spacial score (nSPS) is 28.6. The third-order valence-electron chi connectivity index (χ3n) is 8.93. The maximum absolute atomic E-state index is 11.9. The molecule has 2 bridgehead atoms. The number of aliphatic hydroxyl groups is 1. The van der Waals surface area contributed by atoms with Crippen molar-refractivity contribution >= 4 is 0 Å². The highest BCUT2D eigenvalue weighted by Crippen LogP contribution is 2.42. The average Bonchev–Trinajstić information content (AvgIpc) is 3.43. The summed E-state index contributed by atoms with van der Waals surface area (Å²) in [4.78, 5) is 0.